The molecule has 0 saturated heterocycles. The molecule has 0 bridgehead atoms. The largest absolute Gasteiger partial charge is 0.492 e. The molecule has 328 valence electrons. The number of aromatic nitrogens is 2. The van der Waals surface area contributed by atoms with Crippen LogP contribution in [0.1, 0.15) is 109 Å². The zero-order chi connectivity index (χ0) is 44.6. The van der Waals surface area contributed by atoms with Crippen molar-refractivity contribution in [2.24, 2.45) is 27.7 Å². The minimum absolute atomic E-state index is 0.0859. The highest BCUT2D eigenvalue weighted by atomic mass is 16.7. The van der Waals surface area contributed by atoms with Crippen LogP contribution in [0.5, 0.6) is 0 Å². The number of allylic oxidation sites excluding steroid dienone is 1. The molecule has 6 heterocycles. The standard InChI is InChI=1S/C43H51N3O15/c1-21(2)38(61-37(50)28-15-31-26(44-28)11-12-53-31)60-34(47)22(3)13-24-19-43(10)33(59-24)17-30(46-43)35(48)54-20-55-40(52)42(8,9)18-25-14-27-32(58-25)16-29(45-27)36(49)56-23(4)57-39(51)41(5,6)7/h11-12,14-16,19,21-23,33,38,44-45H,13,17-18,20H2,1-10H3. The van der Waals surface area contributed by atoms with Crippen molar-refractivity contribution in [3.05, 3.63) is 59.5 Å². The van der Waals surface area contributed by atoms with Gasteiger partial charge in [0.2, 0.25) is 19.4 Å². The van der Waals surface area contributed by atoms with Gasteiger partial charge in [0.15, 0.2) is 11.2 Å². The van der Waals surface area contributed by atoms with Crippen molar-refractivity contribution in [2.75, 3.05) is 6.79 Å². The van der Waals surface area contributed by atoms with Crippen molar-refractivity contribution >= 4 is 63.7 Å². The van der Waals surface area contributed by atoms with E-state index in [-0.39, 0.29) is 42.3 Å². The van der Waals surface area contributed by atoms with Crippen LogP contribution >= 0.6 is 0 Å². The number of nitrogens with one attached hydrogen (secondary N) is 2. The number of hydrogen-bond acceptors (Lipinski definition) is 16. The van der Waals surface area contributed by atoms with Gasteiger partial charge in [-0.25, -0.2) is 14.4 Å². The predicted octanol–water partition coefficient (Wildman–Crippen LogP) is 6.83. The number of rotatable bonds is 16. The van der Waals surface area contributed by atoms with E-state index in [1.54, 1.807) is 80.5 Å². The zero-order valence-corrected chi connectivity index (χ0v) is 35.8. The molecular weight excluding hydrogens is 798 g/mol. The summed E-state index contributed by atoms with van der Waals surface area (Å²) in [6.07, 6.45) is 0.892. The first kappa shape index (κ1) is 44.2. The van der Waals surface area contributed by atoms with E-state index in [0.29, 0.717) is 33.7 Å². The van der Waals surface area contributed by atoms with E-state index in [2.05, 4.69) is 15.0 Å². The van der Waals surface area contributed by atoms with Gasteiger partial charge < -0.3 is 52.0 Å². The van der Waals surface area contributed by atoms with Gasteiger partial charge in [-0.15, -0.1) is 0 Å². The predicted molar refractivity (Wildman–Crippen MR) is 213 cm³/mol. The molecule has 0 saturated carbocycles. The first-order chi connectivity index (χ1) is 28.5. The Morgan fingerprint density at radius 3 is 2.15 bits per heavy atom. The molecule has 0 amide bonds. The second-order valence-electron chi connectivity index (χ2n) is 17.5. The molecule has 18 heteroatoms. The Hall–Kier alpha value is -6.33. The third kappa shape index (κ3) is 10.2. The lowest BCUT2D eigenvalue weighted by atomic mass is 9.88. The van der Waals surface area contributed by atoms with E-state index in [1.807, 2.05) is 0 Å². The zero-order valence-electron chi connectivity index (χ0n) is 35.8. The average molecular weight is 850 g/mol. The topological polar surface area (TPSA) is 237 Å². The van der Waals surface area contributed by atoms with Crippen LogP contribution < -0.4 is 0 Å². The van der Waals surface area contributed by atoms with Crippen LogP contribution in [0.4, 0.5) is 0 Å². The second kappa shape index (κ2) is 17.0. The van der Waals surface area contributed by atoms with Crippen LogP contribution in [-0.2, 0) is 58.8 Å². The maximum atomic E-state index is 13.1. The summed E-state index contributed by atoms with van der Waals surface area (Å²) in [5.74, 6) is -4.04. The van der Waals surface area contributed by atoms with Crippen LogP contribution in [0.2, 0.25) is 0 Å². The number of aliphatic imine (C=N–C) groups is 1. The van der Waals surface area contributed by atoms with Crippen molar-refractivity contribution in [1.82, 2.24) is 9.97 Å². The fraction of sp³-hybridized carbons (Fsp3) is 0.512. The van der Waals surface area contributed by atoms with E-state index in [9.17, 15) is 28.8 Å². The molecule has 5 unspecified atom stereocenters. The minimum Gasteiger partial charge on any atom is -0.492 e. The molecule has 0 spiro atoms. The summed E-state index contributed by atoms with van der Waals surface area (Å²) in [5, 5.41) is 0. The Balaban J connectivity index is 0.944. The highest BCUT2D eigenvalue weighted by Crippen LogP contribution is 2.40. The number of furan rings is 2. The van der Waals surface area contributed by atoms with Gasteiger partial charge in [-0.1, -0.05) is 20.8 Å². The highest BCUT2D eigenvalue weighted by molar-refractivity contribution is 6.37. The smallest absolute Gasteiger partial charge is 0.357 e. The molecule has 4 aromatic heterocycles. The van der Waals surface area contributed by atoms with Crippen molar-refractivity contribution in [3.8, 4) is 0 Å². The number of nitrogens with zero attached hydrogens (tertiary/aromatic N) is 1. The van der Waals surface area contributed by atoms with Crippen molar-refractivity contribution < 1.29 is 70.8 Å². The maximum absolute atomic E-state index is 13.1. The molecule has 5 atom stereocenters. The fourth-order valence-electron chi connectivity index (χ4n) is 6.56. The van der Waals surface area contributed by atoms with E-state index < -0.39 is 83.6 Å². The number of carbonyl (C=O) groups is 6. The van der Waals surface area contributed by atoms with E-state index >= 15 is 0 Å². The maximum Gasteiger partial charge on any atom is 0.357 e. The Morgan fingerprint density at radius 1 is 0.836 bits per heavy atom. The molecule has 61 heavy (non-hydrogen) atoms. The molecule has 0 aliphatic carbocycles. The van der Waals surface area contributed by atoms with Gasteiger partial charge in [0.1, 0.15) is 34.5 Å². The highest BCUT2D eigenvalue weighted by Gasteiger charge is 2.48. The van der Waals surface area contributed by atoms with Crippen LogP contribution in [0.25, 0.3) is 22.2 Å². The van der Waals surface area contributed by atoms with Crippen LogP contribution in [0.3, 0.4) is 0 Å². The quantitative estimate of drug-likeness (QED) is 0.0667. The monoisotopic (exact) mass is 849 g/mol. The van der Waals surface area contributed by atoms with Gasteiger partial charge in [-0.05, 0) is 47.6 Å². The first-order valence-corrected chi connectivity index (χ1v) is 19.8. The molecule has 0 radical (unpaired) electrons. The number of aromatic amines is 2. The molecule has 2 aliphatic heterocycles. The molecule has 18 nitrogen and oxygen atoms in total. The fourth-order valence-corrected chi connectivity index (χ4v) is 6.56. The summed E-state index contributed by atoms with van der Waals surface area (Å²) in [4.78, 5) is 86.9. The number of fused-ring (bicyclic) bond motifs is 3. The first-order valence-electron chi connectivity index (χ1n) is 19.8. The average Bonchev–Trinajstić information content (AvgIpc) is 3.99. The lowest BCUT2D eigenvalue weighted by Gasteiger charge is -2.23. The normalized spacial score (nSPS) is 19.0. The van der Waals surface area contributed by atoms with Gasteiger partial charge in [0.25, 0.3) is 0 Å². The Kier molecular flexibility index (Phi) is 12.3. The molecule has 6 rings (SSSR count). The molecular formula is C43H51N3O15. The van der Waals surface area contributed by atoms with Crippen molar-refractivity contribution in [3.63, 3.8) is 0 Å². The summed E-state index contributed by atoms with van der Waals surface area (Å²) in [6.45, 7) is 16.1. The molecule has 2 N–H and O–H groups in total. The minimum atomic E-state index is -1.14. The summed E-state index contributed by atoms with van der Waals surface area (Å²) in [7, 11) is 0. The SMILES string of the molecule is CC(OC(=O)c1cc2oc(CC(C)(C)C(=O)OCOC(=O)C3=NC4(C)C=C(CC(C)C(=O)OC(OC(=O)c5cc6occc6[nH]5)C(C)C)OC4C3)cc2[nH]1)OC(=O)C(C)(C)C. The summed E-state index contributed by atoms with van der Waals surface area (Å²) >= 11 is 0. The lowest BCUT2D eigenvalue weighted by Crippen LogP contribution is -2.32. The Labute approximate surface area is 350 Å². The number of carbonyl (C=O) groups excluding carboxylic acids is 6. The molecule has 2 aliphatic rings. The number of H-pyrrole nitrogens is 2. The van der Waals surface area contributed by atoms with Gasteiger partial charge in [0, 0.05) is 56.4 Å². The van der Waals surface area contributed by atoms with Crippen molar-refractivity contribution in [1.29, 1.82) is 0 Å². The van der Waals surface area contributed by atoms with Gasteiger partial charge in [-0.3, -0.25) is 19.4 Å². The Bertz CT molecular complexity index is 2340. The molecule has 4 aromatic rings. The number of esters is 6. The van der Waals surface area contributed by atoms with E-state index in [4.69, 9.17) is 42.0 Å². The summed E-state index contributed by atoms with van der Waals surface area (Å²) in [6, 6.07) is 6.27. The van der Waals surface area contributed by atoms with Gasteiger partial charge in [-0.2, -0.15) is 0 Å². The summed E-state index contributed by atoms with van der Waals surface area (Å²) < 4.78 is 49.3. The third-order valence-corrected chi connectivity index (χ3v) is 10.0. The van der Waals surface area contributed by atoms with Crippen LogP contribution in [-0.4, -0.2) is 82.5 Å². The van der Waals surface area contributed by atoms with Gasteiger partial charge >= 0.3 is 35.8 Å². The lowest BCUT2D eigenvalue weighted by molar-refractivity contribution is -0.180. The van der Waals surface area contributed by atoms with Crippen molar-refractivity contribution in [2.45, 2.75) is 113 Å². The van der Waals surface area contributed by atoms with E-state index in [1.165, 1.54) is 25.3 Å². The number of ether oxygens (including phenoxy) is 7. The summed E-state index contributed by atoms with van der Waals surface area (Å²) in [5.41, 5.74) is -0.437. The van der Waals surface area contributed by atoms with E-state index in [0.717, 1.165) is 0 Å². The van der Waals surface area contributed by atoms with Crippen LogP contribution in [0, 0.1) is 22.7 Å². The third-order valence-electron chi connectivity index (χ3n) is 10.0. The second-order valence-corrected chi connectivity index (χ2v) is 17.5. The van der Waals surface area contributed by atoms with Gasteiger partial charge in [0.05, 0.1) is 39.8 Å². The number of hydrogen-bond donors (Lipinski definition) is 2. The van der Waals surface area contributed by atoms with Crippen LogP contribution in [0.15, 0.2) is 56.2 Å². The molecule has 0 fully saturated rings. The molecule has 0 aromatic carbocycles. The Morgan fingerprint density at radius 2 is 1.51 bits per heavy atom.